The van der Waals surface area contributed by atoms with E-state index in [4.69, 9.17) is 9.47 Å². The van der Waals surface area contributed by atoms with E-state index in [9.17, 15) is 9.18 Å². The first kappa shape index (κ1) is 17.3. The lowest BCUT2D eigenvalue weighted by Gasteiger charge is -2.35. The SMILES string of the molecule is C=C(C)c1cc(OC2CC(OC(=O)NC(C)(C)C)C2)ccc1F. The molecule has 1 fully saturated rings. The molecule has 5 heteroatoms. The van der Waals surface area contributed by atoms with E-state index in [1.807, 2.05) is 20.8 Å². The van der Waals surface area contributed by atoms with Crippen LogP contribution in [-0.4, -0.2) is 23.8 Å². The Labute approximate surface area is 136 Å². The summed E-state index contributed by atoms with van der Waals surface area (Å²) in [5.41, 5.74) is 0.796. The smallest absolute Gasteiger partial charge is 0.407 e. The number of rotatable bonds is 4. The predicted octanol–water partition coefficient (Wildman–Crippen LogP) is 4.29. The maximum Gasteiger partial charge on any atom is 0.407 e. The molecule has 1 saturated carbocycles. The average molecular weight is 321 g/mol. The molecule has 0 bridgehead atoms. The Kier molecular flexibility index (Phi) is 4.97. The van der Waals surface area contributed by atoms with Crippen LogP contribution in [0.3, 0.4) is 0 Å². The normalized spacial score (nSPS) is 20.4. The Hall–Kier alpha value is -2.04. The Morgan fingerprint density at radius 1 is 1.30 bits per heavy atom. The Morgan fingerprint density at radius 2 is 1.96 bits per heavy atom. The molecule has 0 spiro atoms. The largest absolute Gasteiger partial charge is 0.490 e. The second-order valence-corrected chi connectivity index (χ2v) is 7.04. The highest BCUT2D eigenvalue weighted by Gasteiger charge is 2.34. The van der Waals surface area contributed by atoms with E-state index in [0.717, 1.165) is 0 Å². The van der Waals surface area contributed by atoms with Crippen molar-refractivity contribution in [3.63, 3.8) is 0 Å². The molecule has 0 saturated heterocycles. The molecule has 0 atom stereocenters. The van der Waals surface area contributed by atoms with Gasteiger partial charge in [0, 0.05) is 23.9 Å². The second kappa shape index (κ2) is 6.60. The first-order chi connectivity index (χ1) is 10.6. The van der Waals surface area contributed by atoms with Crippen LogP contribution in [0.4, 0.5) is 9.18 Å². The van der Waals surface area contributed by atoms with Gasteiger partial charge in [-0.05, 0) is 51.5 Å². The number of hydrogen-bond acceptors (Lipinski definition) is 3. The van der Waals surface area contributed by atoms with Crippen molar-refractivity contribution in [3.05, 3.63) is 36.2 Å². The van der Waals surface area contributed by atoms with Crippen molar-refractivity contribution in [2.45, 2.75) is 58.3 Å². The molecule has 4 nitrogen and oxygen atoms in total. The van der Waals surface area contributed by atoms with Gasteiger partial charge in [-0.15, -0.1) is 0 Å². The highest BCUT2D eigenvalue weighted by Crippen LogP contribution is 2.30. The van der Waals surface area contributed by atoms with Crippen LogP contribution in [-0.2, 0) is 4.74 Å². The Morgan fingerprint density at radius 3 is 2.52 bits per heavy atom. The standard InChI is InChI=1S/C18H24FNO3/c1-11(2)15-10-12(6-7-16(15)19)22-13-8-14(9-13)23-17(21)20-18(3,4)5/h6-7,10,13-14H,1,8-9H2,2-5H3,(H,20,21). The van der Waals surface area contributed by atoms with Gasteiger partial charge in [0.15, 0.2) is 0 Å². The molecule has 1 aromatic rings. The zero-order chi connectivity index (χ0) is 17.2. The number of carbonyl (C=O) groups excluding carboxylic acids is 1. The summed E-state index contributed by atoms with van der Waals surface area (Å²) in [5.74, 6) is 0.297. The van der Waals surface area contributed by atoms with E-state index in [-0.39, 0.29) is 23.6 Å². The lowest BCUT2D eigenvalue weighted by Crippen LogP contribution is -2.46. The van der Waals surface area contributed by atoms with E-state index in [2.05, 4.69) is 11.9 Å². The van der Waals surface area contributed by atoms with Gasteiger partial charge in [-0.1, -0.05) is 6.58 Å². The fourth-order valence-electron chi connectivity index (χ4n) is 2.29. The summed E-state index contributed by atoms with van der Waals surface area (Å²) in [6.45, 7) is 11.2. The molecule has 0 aromatic heterocycles. The third-order valence-corrected chi connectivity index (χ3v) is 3.50. The van der Waals surface area contributed by atoms with Crippen molar-refractivity contribution < 1.29 is 18.7 Å². The number of nitrogens with one attached hydrogen (secondary N) is 1. The fraction of sp³-hybridized carbons (Fsp3) is 0.500. The third-order valence-electron chi connectivity index (χ3n) is 3.50. The van der Waals surface area contributed by atoms with Crippen LogP contribution in [0.15, 0.2) is 24.8 Å². The van der Waals surface area contributed by atoms with Crippen LogP contribution < -0.4 is 10.1 Å². The highest BCUT2D eigenvalue weighted by molar-refractivity contribution is 5.68. The maximum atomic E-state index is 13.6. The summed E-state index contributed by atoms with van der Waals surface area (Å²) in [7, 11) is 0. The molecular formula is C18H24FNO3. The summed E-state index contributed by atoms with van der Waals surface area (Å²) in [5, 5.41) is 2.76. The minimum Gasteiger partial charge on any atom is -0.490 e. The number of alkyl carbamates (subject to hydrolysis) is 1. The van der Waals surface area contributed by atoms with Crippen LogP contribution in [0.2, 0.25) is 0 Å². The summed E-state index contributed by atoms with van der Waals surface area (Å²) in [6.07, 6.45) is 0.705. The molecule has 1 aromatic carbocycles. The quantitative estimate of drug-likeness (QED) is 0.900. The van der Waals surface area contributed by atoms with Crippen LogP contribution in [0, 0.1) is 5.82 Å². The minimum absolute atomic E-state index is 0.0223. The zero-order valence-electron chi connectivity index (χ0n) is 14.1. The van der Waals surface area contributed by atoms with E-state index < -0.39 is 6.09 Å². The summed E-state index contributed by atoms with van der Waals surface area (Å²) < 4.78 is 24.7. The molecule has 1 amide bonds. The number of carbonyl (C=O) groups is 1. The van der Waals surface area contributed by atoms with Crippen LogP contribution >= 0.6 is 0 Å². The van der Waals surface area contributed by atoms with E-state index >= 15 is 0 Å². The molecule has 126 valence electrons. The van der Waals surface area contributed by atoms with Gasteiger partial charge in [-0.25, -0.2) is 9.18 Å². The molecule has 0 heterocycles. The molecule has 0 aliphatic heterocycles. The highest BCUT2D eigenvalue weighted by atomic mass is 19.1. The van der Waals surface area contributed by atoms with Gasteiger partial charge < -0.3 is 14.8 Å². The number of halogens is 1. The zero-order valence-corrected chi connectivity index (χ0v) is 14.1. The van der Waals surface area contributed by atoms with Crippen molar-refractivity contribution in [2.24, 2.45) is 0 Å². The van der Waals surface area contributed by atoms with E-state index in [1.165, 1.54) is 6.07 Å². The number of allylic oxidation sites excluding steroid dienone is 1. The molecule has 0 unspecified atom stereocenters. The number of ether oxygens (including phenoxy) is 2. The van der Waals surface area contributed by atoms with Gasteiger partial charge in [0.25, 0.3) is 0 Å². The van der Waals surface area contributed by atoms with Gasteiger partial charge >= 0.3 is 6.09 Å². The first-order valence-electron chi connectivity index (χ1n) is 7.75. The molecule has 1 aliphatic rings. The summed E-state index contributed by atoms with van der Waals surface area (Å²) in [6, 6.07) is 4.63. The van der Waals surface area contributed by atoms with Gasteiger partial charge in [0.05, 0.1) is 0 Å². The number of benzene rings is 1. The van der Waals surface area contributed by atoms with Gasteiger partial charge in [0.2, 0.25) is 0 Å². The Balaban J connectivity index is 1.81. The van der Waals surface area contributed by atoms with Crippen molar-refractivity contribution in [3.8, 4) is 5.75 Å². The van der Waals surface area contributed by atoms with Gasteiger partial charge in [-0.3, -0.25) is 0 Å². The van der Waals surface area contributed by atoms with Crippen molar-refractivity contribution >= 4 is 11.7 Å². The van der Waals surface area contributed by atoms with E-state index in [0.29, 0.717) is 29.7 Å². The first-order valence-corrected chi connectivity index (χ1v) is 7.75. The molecule has 2 rings (SSSR count). The van der Waals surface area contributed by atoms with E-state index in [1.54, 1.807) is 19.1 Å². The van der Waals surface area contributed by atoms with Gasteiger partial charge in [-0.2, -0.15) is 0 Å². The summed E-state index contributed by atoms with van der Waals surface area (Å²) in [4.78, 5) is 11.7. The molecular weight excluding hydrogens is 297 g/mol. The lowest BCUT2D eigenvalue weighted by molar-refractivity contribution is -0.0244. The Bertz CT molecular complexity index is 601. The fourth-order valence-corrected chi connectivity index (χ4v) is 2.29. The number of hydrogen-bond donors (Lipinski definition) is 1. The topological polar surface area (TPSA) is 47.6 Å². The van der Waals surface area contributed by atoms with Crippen LogP contribution in [0.25, 0.3) is 5.57 Å². The average Bonchev–Trinajstić information content (AvgIpc) is 2.35. The van der Waals surface area contributed by atoms with Crippen LogP contribution in [0.5, 0.6) is 5.75 Å². The van der Waals surface area contributed by atoms with Crippen molar-refractivity contribution in [2.75, 3.05) is 0 Å². The monoisotopic (exact) mass is 321 g/mol. The third kappa shape index (κ3) is 4.98. The van der Waals surface area contributed by atoms with Crippen molar-refractivity contribution in [1.82, 2.24) is 5.32 Å². The van der Waals surface area contributed by atoms with Gasteiger partial charge in [0.1, 0.15) is 23.8 Å². The van der Waals surface area contributed by atoms with Crippen molar-refractivity contribution in [1.29, 1.82) is 0 Å². The molecule has 0 radical (unpaired) electrons. The molecule has 23 heavy (non-hydrogen) atoms. The minimum atomic E-state index is -0.410. The molecule has 1 N–H and O–H groups in total. The lowest BCUT2D eigenvalue weighted by atomic mass is 9.92. The van der Waals surface area contributed by atoms with Crippen LogP contribution in [0.1, 0.15) is 46.1 Å². The maximum absolute atomic E-state index is 13.6. The number of amides is 1. The summed E-state index contributed by atoms with van der Waals surface area (Å²) >= 11 is 0. The molecule has 1 aliphatic carbocycles. The second-order valence-electron chi connectivity index (χ2n) is 7.04. The predicted molar refractivity (Wildman–Crippen MR) is 87.9 cm³/mol.